The van der Waals surface area contributed by atoms with Crippen LogP contribution in [-0.2, 0) is 21.2 Å². The van der Waals surface area contributed by atoms with E-state index in [0.29, 0.717) is 11.4 Å². The first-order chi connectivity index (χ1) is 13.6. The molecule has 0 saturated carbocycles. The maximum absolute atomic E-state index is 12.9. The highest BCUT2D eigenvalue weighted by molar-refractivity contribution is 7.92. The molecule has 0 bridgehead atoms. The van der Waals surface area contributed by atoms with Crippen molar-refractivity contribution in [3.63, 3.8) is 0 Å². The maximum atomic E-state index is 12.9. The molecule has 0 aromatic heterocycles. The molecule has 6 nitrogen and oxygen atoms in total. The quantitative estimate of drug-likeness (QED) is 0.711. The summed E-state index contributed by atoms with van der Waals surface area (Å²) in [6.07, 6.45) is 2.03. The molecule has 0 heterocycles. The molecule has 0 aliphatic carbocycles. The van der Waals surface area contributed by atoms with Crippen LogP contribution in [0, 0.1) is 6.92 Å². The van der Waals surface area contributed by atoms with E-state index in [0.717, 1.165) is 28.1 Å². The molecule has 158 valence electrons. The van der Waals surface area contributed by atoms with E-state index in [4.69, 9.17) is 4.74 Å². The van der Waals surface area contributed by atoms with E-state index >= 15 is 0 Å². The number of nitrogens with zero attached hydrogens (tertiary/aromatic N) is 1. The summed E-state index contributed by atoms with van der Waals surface area (Å²) in [6, 6.07) is 12.1. The molecule has 0 unspecified atom stereocenters. The number of anilines is 1. The Labute approximate surface area is 173 Å². The van der Waals surface area contributed by atoms with Gasteiger partial charge >= 0.3 is 0 Å². The number of rotatable bonds is 8. The topological polar surface area (TPSA) is 75.7 Å². The standard InChI is InChI=1S/C22H30N2O4S/c1-7-18-9-11-19(12-10-18)16(3)23-22(25)17(4)24(29(6,26)27)20-14-15(2)8-13-21(20)28-5/h8-14,16-17H,7H2,1-6H3,(H,23,25)/t16-,17+/m1/s1. The minimum atomic E-state index is -3.73. The summed E-state index contributed by atoms with van der Waals surface area (Å²) in [4.78, 5) is 12.9. The lowest BCUT2D eigenvalue weighted by Crippen LogP contribution is -2.48. The number of carbonyl (C=O) groups excluding carboxylic acids is 1. The zero-order chi connectivity index (χ0) is 21.8. The van der Waals surface area contributed by atoms with Gasteiger partial charge in [0.2, 0.25) is 15.9 Å². The second kappa shape index (κ2) is 9.31. The van der Waals surface area contributed by atoms with Crippen molar-refractivity contribution in [1.29, 1.82) is 0 Å². The van der Waals surface area contributed by atoms with E-state index in [1.165, 1.54) is 12.7 Å². The minimum Gasteiger partial charge on any atom is -0.495 e. The third kappa shape index (κ3) is 5.50. The van der Waals surface area contributed by atoms with Gasteiger partial charge in [0.1, 0.15) is 11.8 Å². The van der Waals surface area contributed by atoms with Crippen molar-refractivity contribution in [1.82, 2.24) is 5.32 Å². The average molecular weight is 419 g/mol. The van der Waals surface area contributed by atoms with Crippen molar-refractivity contribution in [3.8, 4) is 5.75 Å². The molecule has 2 rings (SSSR count). The summed E-state index contributed by atoms with van der Waals surface area (Å²) in [6.45, 7) is 7.39. The van der Waals surface area contributed by atoms with E-state index in [2.05, 4.69) is 12.2 Å². The summed E-state index contributed by atoms with van der Waals surface area (Å²) in [5.74, 6) is 0.00919. The van der Waals surface area contributed by atoms with E-state index in [-0.39, 0.29) is 11.9 Å². The Morgan fingerprint density at radius 1 is 1.14 bits per heavy atom. The van der Waals surface area contributed by atoms with Gasteiger partial charge in [-0.25, -0.2) is 8.42 Å². The van der Waals surface area contributed by atoms with Crippen LogP contribution in [0.5, 0.6) is 5.75 Å². The van der Waals surface area contributed by atoms with Gasteiger partial charge in [-0.1, -0.05) is 37.3 Å². The van der Waals surface area contributed by atoms with Crippen molar-refractivity contribution in [2.45, 2.75) is 46.2 Å². The van der Waals surface area contributed by atoms with Gasteiger partial charge in [-0.2, -0.15) is 0 Å². The van der Waals surface area contributed by atoms with Crippen LogP contribution in [0.4, 0.5) is 5.69 Å². The smallest absolute Gasteiger partial charge is 0.244 e. The Bertz CT molecular complexity index is 955. The number of hydrogen-bond donors (Lipinski definition) is 1. The van der Waals surface area contributed by atoms with Crippen molar-refractivity contribution in [2.24, 2.45) is 0 Å². The summed E-state index contributed by atoms with van der Waals surface area (Å²) in [7, 11) is -2.25. The Hall–Kier alpha value is -2.54. The van der Waals surface area contributed by atoms with Crippen LogP contribution >= 0.6 is 0 Å². The maximum Gasteiger partial charge on any atom is 0.244 e. The Kier molecular flexibility index (Phi) is 7.30. The third-order valence-electron chi connectivity index (χ3n) is 4.91. The van der Waals surface area contributed by atoms with Gasteiger partial charge in [-0.15, -0.1) is 0 Å². The first-order valence-electron chi connectivity index (χ1n) is 9.61. The molecule has 0 aliphatic heterocycles. The highest BCUT2D eigenvalue weighted by atomic mass is 32.2. The summed E-state index contributed by atoms with van der Waals surface area (Å²) in [5.41, 5.74) is 3.39. The number of aryl methyl sites for hydroxylation is 2. The fourth-order valence-corrected chi connectivity index (χ4v) is 4.38. The number of amides is 1. The third-order valence-corrected chi connectivity index (χ3v) is 6.13. The summed E-state index contributed by atoms with van der Waals surface area (Å²) < 4.78 is 31.6. The Morgan fingerprint density at radius 3 is 2.28 bits per heavy atom. The monoisotopic (exact) mass is 418 g/mol. The van der Waals surface area contributed by atoms with Gasteiger partial charge in [0, 0.05) is 0 Å². The van der Waals surface area contributed by atoms with Crippen LogP contribution < -0.4 is 14.4 Å². The van der Waals surface area contributed by atoms with Gasteiger partial charge in [0.15, 0.2) is 0 Å². The zero-order valence-corrected chi connectivity index (χ0v) is 18.7. The van der Waals surface area contributed by atoms with Gasteiger partial charge in [0.25, 0.3) is 0 Å². The lowest BCUT2D eigenvalue weighted by molar-refractivity contribution is -0.122. The second-order valence-corrected chi connectivity index (χ2v) is 9.09. The molecule has 1 N–H and O–H groups in total. The number of ether oxygens (including phenoxy) is 1. The second-order valence-electron chi connectivity index (χ2n) is 7.24. The van der Waals surface area contributed by atoms with Crippen LogP contribution in [0.15, 0.2) is 42.5 Å². The van der Waals surface area contributed by atoms with Gasteiger partial charge in [-0.3, -0.25) is 9.10 Å². The van der Waals surface area contributed by atoms with Crippen molar-refractivity contribution >= 4 is 21.6 Å². The van der Waals surface area contributed by atoms with Crippen molar-refractivity contribution < 1.29 is 17.9 Å². The zero-order valence-electron chi connectivity index (χ0n) is 17.9. The molecule has 0 saturated heterocycles. The van der Waals surface area contributed by atoms with Crippen LogP contribution in [0.1, 0.15) is 43.5 Å². The number of methoxy groups -OCH3 is 1. The molecule has 29 heavy (non-hydrogen) atoms. The van der Waals surface area contributed by atoms with Gasteiger partial charge in [0.05, 0.1) is 25.1 Å². The first kappa shape index (κ1) is 22.7. The minimum absolute atomic E-state index is 0.253. The number of nitrogens with one attached hydrogen (secondary N) is 1. The average Bonchev–Trinajstić information content (AvgIpc) is 2.67. The molecule has 7 heteroatoms. The highest BCUT2D eigenvalue weighted by Gasteiger charge is 2.32. The Morgan fingerprint density at radius 2 is 1.76 bits per heavy atom. The fraction of sp³-hybridized carbons (Fsp3) is 0.409. The van der Waals surface area contributed by atoms with Crippen LogP contribution in [-0.4, -0.2) is 33.7 Å². The lowest BCUT2D eigenvalue weighted by Gasteiger charge is -2.30. The molecular formula is C22H30N2O4S. The first-order valence-corrected chi connectivity index (χ1v) is 11.5. The number of benzene rings is 2. The van der Waals surface area contributed by atoms with Crippen molar-refractivity contribution in [2.75, 3.05) is 17.7 Å². The summed E-state index contributed by atoms with van der Waals surface area (Å²) >= 11 is 0. The Balaban J connectivity index is 2.30. The molecule has 2 aromatic carbocycles. The summed E-state index contributed by atoms with van der Waals surface area (Å²) in [5, 5.41) is 2.92. The largest absolute Gasteiger partial charge is 0.495 e. The molecular weight excluding hydrogens is 388 g/mol. The fourth-order valence-electron chi connectivity index (χ4n) is 3.21. The number of sulfonamides is 1. The molecule has 2 aromatic rings. The predicted molar refractivity (Wildman–Crippen MR) is 117 cm³/mol. The van der Waals surface area contributed by atoms with Crippen molar-refractivity contribution in [3.05, 3.63) is 59.2 Å². The number of carbonyl (C=O) groups is 1. The van der Waals surface area contributed by atoms with E-state index in [1.807, 2.05) is 44.2 Å². The molecule has 0 spiro atoms. The predicted octanol–water partition coefficient (Wildman–Crippen LogP) is 3.60. The van der Waals surface area contributed by atoms with Crippen LogP contribution in [0.25, 0.3) is 0 Å². The molecule has 1 amide bonds. The SMILES string of the molecule is CCc1ccc([C@@H](C)NC(=O)[C@H](C)N(c2cc(C)ccc2OC)S(C)(=O)=O)cc1. The lowest BCUT2D eigenvalue weighted by atomic mass is 10.0. The van der Waals surface area contributed by atoms with E-state index in [1.54, 1.807) is 19.1 Å². The molecule has 2 atom stereocenters. The van der Waals surface area contributed by atoms with Gasteiger partial charge in [-0.05, 0) is 56.0 Å². The number of hydrogen-bond acceptors (Lipinski definition) is 4. The molecule has 0 fully saturated rings. The van der Waals surface area contributed by atoms with Crippen LogP contribution in [0.3, 0.4) is 0 Å². The normalized spacial score (nSPS) is 13.4. The van der Waals surface area contributed by atoms with Crippen LogP contribution in [0.2, 0.25) is 0 Å². The van der Waals surface area contributed by atoms with E-state index in [9.17, 15) is 13.2 Å². The molecule has 0 aliphatic rings. The molecule has 0 radical (unpaired) electrons. The van der Waals surface area contributed by atoms with Gasteiger partial charge < -0.3 is 10.1 Å². The highest BCUT2D eigenvalue weighted by Crippen LogP contribution is 2.32. The van der Waals surface area contributed by atoms with E-state index < -0.39 is 16.1 Å².